The highest BCUT2D eigenvalue weighted by atomic mass is 19.1. The van der Waals surface area contributed by atoms with E-state index < -0.39 is 17.3 Å². The Morgan fingerprint density at radius 1 is 1.43 bits per heavy atom. The Morgan fingerprint density at radius 2 is 2.14 bits per heavy atom. The van der Waals surface area contributed by atoms with E-state index in [9.17, 15) is 9.18 Å². The largest absolute Gasteiger partial charge is 0.485 e. The number of benzene rings is 1. The molecule has 0 unspecified atom stereocenters. The van der Waals surface area contributed by atoms with Crippen LogP contribution in [0.25, 0.3) is 0 Å². The normalized spacial score (nSPS) is 11.4. The van der Waals surface area contributed by atoms with Crippen molar-refractivity contribution in [2.75, 3.05) is 0 Å². The molecule has 0 aliphatic carbocycles. The fourth-order valence-corrected chi connectivity index (χ4v) is 1.52. The molecule has 112 valence electrons. The number of ether oxygens (including phenoxy) is 1. The molecule has 0 aliphatic heterocycles. The highest BCUT2D eigenvalue weighted by molar-refractivity contribution is 5.88. The first-order chi connectivity index (χ1) is 9.77. The van der Waals surface area contributed by atoms with Crippen molar-refractivity contribution >= 4 is 5.97 Å². The molecule has 1 aromatic heterocycles. The summed E-state index contributed by atoms with van der Waals surface area (Å²) in [6.07, 6.45) is 0. The highest BCUT2D eigenvalue weighted by Crippen LogP contribution is 2.21. The Labute approximate surface area is 120 Å². The molecule has 0 atom stereocenters. The number of aromatic carboxylic acids is 1. The number of halogens is 1. The number of hydrogen-bond acceptors (Lipinski definition) is 5. The molecule has 2 aromatic rings. The summed E-state index contributed by atoms with van der Waals surface area (Å²) in [6.45, 7) is 5.81. The Balaban J connectivity index is 2.05. The summed E-state index contributed by atoms with van der Waals surface area (Å²) in [4.78, 5) is 14.9. The summed E-state index contributed by atoms with van der Waals surface area (Å²) in [5.74, 6) is -1.17. The van der Waals surface area contributed by atoms with Crippen molar-refractivity contribution in [3.05, 3.63) is 41.3 Å². The van der Waals surface area contributed by atoms with Crippen LogP contribution in [-0.4, -0.2) is 21.2 Å². The van der Waals surface area contributed by atoms with Crippen LogP contribution in [0.3, 0.4) is 0 Å². The van der Waals surface area contributed by atoms with Crippen molar-refractivity contribution in [1.82, 2.24) is 10.1 Å². The molecule has 0 bridgehead atoms. The van der Waals surface area contributed by atoms with Crippen LogP contribution < -0.4 is 4.74 Å². The predicted octanol–water partition coefficient (Wildman–Crippen LogP) is 2.78. The number of rotatable bonds is 4. The zero-order chi connectivity index (χ0) is 15.6. The summed E-state index contributed by atoms with van der Waals surface area (Å²) in [5.41, 5.74) is -0.669. The van der Waals surface area contributed by atoms with Crippen molar-refractivity contribution in [2.24, 2.45) is 0 Å². The third kappa shape index (κ3) is 3.56. The van der Waals surface area contributed by atoms with Crippen molar-refractivity contribution in [3.8, 4) is 5.75 Å². The maximum absolute atomic E-state index is 13.5. The van der Waals surface area contributed by atoms with Crippen molar-refractivity contribution in [3.63, 3.8) is 0 Å². The topological polar surface area (TPSA) is 85.5 Å². The summed E-state index contributed by atoms with van der Waals surface area (Å²) in [6, 6.07) is 3.52. The lowest BCUT2D eigenvalue weighted by atomic mass is 9.97. The van der Waals surface area contributed by atoms with E-state index >= 15 is 0 Å². The van der Waals surface area contributed by atoms with E-state index in [0.717, 1.165) is 12.1 Å². The van der Waals surface area contributed by atoms with Crippen LogP contribution in [-0.2, 0) is 12.0 Å². The molecular formula is C14H15FN2O4. The highest BCUT2D eigenvalue weighted by Gasteiger charge is 2.21. The zero-order valence-electron chi connectivity index (χ0n) is 11.9. The first-order valence-electron chi connectivity index (χ1n) is 6.26. The summed E-state index contributed by atoms with van der Waals surface area (Å²) < 4.78 is 23.9. The third-order valence-electron chi connectivity index (χ3n) is 2.65. The Kier molecular flexibility index (Phi) is 3.93. The first-order valence-corrected chi connectivity index (χ1v) is 6.26. The average Bonchev–Trinajstić information content (AvgIpc) is 2.84. The second kappa shape index (κ2) is 5.51. The molecule has 7 heteroatoms. The van der Waals surface area contributed by atoms with Crippen LogP contribution in [0.15, 0.2) is 22.7 Å². The van der Waals surface area contributed by atoms with Gasteiger partial charge < -0.3 is 14.4 Å². The average molecular weight is 294 g/mol. The van der Waals surface area contributed by atoms with Crippen LogP contribution in [0.2, 0.25) is 0 Å². The van der Waals surface area contributed by atoms with Gasteiger partial charge in [-0.1, -0.05) is 25.9 Å². The molecule has 0 spiro atoms. The van der Waals surface area contributed by atoms with Crippen LogP contribution >= 0.6 is 0 Å². The van der Waals surface area contributed by atoms with Gasteiger partial charge in [0.05, 0.1) is 5.56 Å². The molecule has 0 aliphatic rings. The molecule has 0 radical (unpaired) electrons. The number of aromatic nitrogens is 2. The van der Waals surface area contributed by atoms with Crippen LogP contribution in [0, 0.1) is 5.82 Å². The van der Waals surface area contributed by atoms with Gasteiger partial charge in [-0.05, 0) is 12.1 Å². The van der Waals surface area contributed by atoms with Gasteiger partial charge in [0.15, 0.2) is 6.61 Å². The molecule has 1 N–H and O–H groups in total. The van der Waals surface area contributed by atoms with Gasteiger partial charge in [-0.25, -0.2) is 9.18 Å². The molecule has 1 heterocycles. The fourth-order valence-electron chi connectivity index (χ4n) is 1.52. The Morgan fingerprint density at radius 3 is 2.67 bits per heavy atom. The lowest BCUT2D eigenvalue weighted by molar-refractivity contribution is 0.0692. The second-order valence-corrected chi connectivity index (χ2v) is 5.50. The van der Waals surface area contributed by atoms with Crippen LogP contribution in [0.5, 0.6) is 5.75 Å². The van der Waals surface area contributed by atoms with E-state index in [1.165, 1.54) is 6.07 Å². The number of carboxylic acids is 1. The van der Waals surface area contributed by atoms with Gasteiger partial charge >= 0.3 is 5.97 Å². The molecule has 0 fully saturated rings. The monoisotopic (exact) mass is 294 g/mol. The smallest absolute Gasteiger partial charge is 0.338 e. The minimum Gasteiger partial charge on any atom is -0.485 e. The number of carboxylic acid groups (broad SMARTS) is 1. The molecule has 0 saturated heterocycles. The van der Waals surface area contributed by atoms with Gasteiger partial charge in [-0.3, -0.25) is 0 Å². The second-order valence-electron chi connectivity index (χ2n) is 5.50. The first kappa shape index (κ1) is 15.0. The molecular weight excluding hydrogens is 279 g/mol. The van der Waals surface area contributed by atoms with Crippen LogP contribution in [0.4, 0.5) is 4.39 Å². The third-order valence-corrected chi connectivity index (χ3v) is 2.65. The van der Waals surface area contributed by atoms with Gasteiger partial charge in [0.1, 0.15) is 11.6 Å². The molecule has 1 aromatic carbocycles. The maximum atomic E-state index is 13.5. The van der Waals surface area contributed by atoms with E-state index in [2.05, 4.69) is 10.1 Å². The van der Waals surface area contributed by atoms with E-state index in [4.69, 9.17) is 14.4 Å². The van der Waals surface area contributed by atoms with Crippen molar-refractivity contribution in [2.45, 2.75) is 32.8 Å². The Bertz CT molecular complexity index is 661. The molecule has 2 rings (SSSR count). The predicted molar refractivity (Wildman–Crippen MR) is 70.7 cm³/mol. The SMILES string of the molecule is CC(C)(C)c1nc(COc2ccc(C(=O)O)c(F)c2)no1. The molecule has 21 heavy (non-hydrogen) atoms. The number of carbonyl (C=O) groups is 1. The maximum Gasteiger partial charge on any atom is 0.338 e. The molecule has 0 saturated carbocycles. The van der Waals surface area contributed by atoms with E-state index in [0.29, 0.717) is 11.7 Å². The van der Waals surface area contributed by atoms with Crippen molar-refractivity contribution < 1.29 is 23.6 Å². The fraction of sp³-hybridized carbons (Fsp3) is 0.357. The van der Waals surface area contributed by atoms with E-state index in [1.54, 1.807) is 0 Å². The summed E-state index contributed by atoms with van der Waals surface area (Å²) >= 11 is 0. The minimum absolute atomic E-state index is 0.00539. The van der Waals surface area contributed by atoms with E-state index in [1.807, 2.05) is 20.8 Å². The lowest BCUT2D eigenvalue weighted by Crippen LogP contribution is -2.11. The summed E-state index contributed by atoms with van der Waals surface area (Å²) in [7, 11) is 0. The van der Waals surface area contributed by atoms with Gasteiger partial charge in [-0.15, -0.1) is 0 Å². The van der Waals surface area contributed by atoms with Gasteiger partial charge in [0, 0.05) is 11.5 Å². The molecule has 6 nitrogen and oxygen atoms in total. The standard InChI is InChI=1S/C14H15FN2O4/c1-14(2,3)13-16-11(17-21-13)7-20-8-4-5-9(12(18)19)10(15)6-8/h4-6H,7H2,1-3H3,(H,18,19). The summed E-state index contributed by atoms with van der Waals surface area (Å²) in [5, 5.41) is 12.5. The minimum atomic E-state index is -1.33. The number of hydrogen-bond donors (Lipinski definition) is 1. The van der Waals surface area contributed by atoms with Gasteiger partial charge in [-0.2, -0.15) is 4.98 Å². The zero-order valence-corrected chi connectivity index (χ0v) is 11.9. The van der Waals surface area contributed by atoms with E-state index in [-0.39, 0.29) is 17.8 Å². The molecule has 0 amide bonds. The van der Waals surface area contributed by atoms with Crippen molar-refractivity contribution in [1.29, 1.82) is 0 Å². The number of nitrogens with zero attached hydrogens (tertiary/aromatic N) is 2. The quantitative estimate of drug-likeness (QED) is 0.933. The van der Waals surface area contributed by atoms with Gasteiger partial charge in [0.25, 0.3) is 0 Å². The lowest BCUT2D eigenvalue weighted by Gasteiger charge is -2.10. The van der Waals surface area contributed by atoms with Gasteiger partial charge in [0.2, 0.25) is 11.7 Å². The Hall–Kier alpha value is -2.44. The van der Waals surface area contributed by atoms with Crippen LogP contribution in [0.1, 0.15) is 42.8 Å².